The summed E-state index contributed by atoms with van der Waals surface area (Å²) in [7, 11) is 1.64. The van der Waals surface area contributed by atoms with Crippen LogP contribution in [0.4, 0.5) is 5.69 Å². The van der Waals surface area contributed by atoms with E-state index in [9.17, 15) is 19.7 Å². The van der Waals surface area contributed by atoms with Crippen LogP contribution in [0.3, 0.4) is 0 Å². The van der Waals surface area contributed by atoms with E-state index < -0.39 is 17.5 Å². The van der Waals surface area contributed by atoms with Gasteiger partial charge in [-0.1, -0.05) is 6.07 Å². The van der Waals surface area contributed by atoms with Gasteiger partial charge in [0.15, 0.2) is 6.61 Å². The van der Waals surface area contributed by atoms with Crippen molar-refractivity contribution in [2.45, 2.75) is 26.8 Å². The molecule has 0 aliphatic rings. The van der Waals surface area contributed by atoms with E-state index in [2.05, 4.69) is 0 Å². The van der Waals surface area contributed by atoms with Crippen LogP contribution in [0.25, 0.3) is 0 Å². The fourth-order valence-electron chi connectivity index (χ4n) is 2.83. The summed E-state index contributed by atoms with van der Waals surface area (Å²) < 4.78 is 12.1. The van der Waals surface area contributed by atoms with Crippen LogP contribution in [0.5, 0.6) is 0 Å². The van der Waals surface area contributed by atoms with Gasteiger partial charge in [-0.25, -0.2) is 4.79 Å². The fraction of sp³-hybridized carbons (Fsp3) is 0.368. The average Bonchev–Trinajstić information content (AvgIpc) is 2.94. The molecule has 1 aromatic carbocycles. The van der Waals surface area contributed by atoms with Crippen LogP contribution in [-0.4, -0.2) is 41.6 Å². The summed E-state index contributed by atoms with van der Waals surface area (Å²) in [4.78, 5) is 34.7. The number of carbonyl (C=O) groups is 2. The predicted octanol–water partition coefficient (Wildman–Crippen LogP) is 3.09. The summed E-state index contributed by atoms with van der Waals surface area (Å²) in [5, 5.41) is 10.8. The Morgan fingerprint density at radius 3 is 2.63 bits per heavy atom. The molecule has 0 saturated heterocycles. The summed E-state index contributed by atoms with van der Waals surface area (Å²) in [5.41, 5.74) is 2.06. The van der Waals surface area contributed by atoms with Crippen LogP contribution in [-0.2, 0) is 16.0 Å². The molecule has 0 fully saturated rings. The van der Waals surface area contributed by atoms with E-state index in [4.69, 9.17) is 9.47 Å². The largest absolute Gasteiger partial charge is 0.454 e. The van der Waals surface area contributed by atoms with Gasteiger partial charge in [0.1, 0.15) is 0 Å². The van der Waals surface area contributed by atoms with E-state index in [1.54, 1.807) is 13.2 Å². The molecule has 27 heavy (non-hydrogen) atoms. The minimum absolute atomic E-state index is 0.0297. The van der Waals surface area contributed by atoms with Crippen molar-refractivity contribution in [2.75, 3.05) is 20.3 Å². The number of hydrogen-bond donors (Lipinski definition) is 0. The van der Waals surface area contributed by atoms with E-state index >= 15 is 0 Å². The highest BCUT2D eigenvalue weighted by Gasteiger charge is 2.18. The third-order valence-electron chi connectivity index (χ3n) is 4.23. The number of ether oxygens (including phenoxy) is 2. The van der Waals surface area contributed by atoms with Gasteiger partial charge in [0.25, 0.3) is 5.69 Å². The number of esters is 1. The lowest BCUT2D eigenvalue weighted by Crippen LogP contribution is -2.15. The molecule has 8 heteroatoms. The highest BCUT2D eigenvalue weighted by molar-refractivity contribution is 6.00. The molecule has 8 nitrogen and oxygen atoms in total. The third kappa shape index (κ3) is 5.01. The first-order chi connectivity index (χ1) is 12.8. The Labute approximate surface area is 156 Å². The molecule has 1 aromatic heterocycles. The zero-order chi connectivity index (χ0) is 20.0. The molecule has 0 bridgehead atoms. The van der Waals surface area contributed by atoms with E-state index in [-0.39, 0.29) is 17.0 Å². The second-order valence-electron chi connectivity index (χ2n) is 6.09. The van der Waals surface area contributed by atoms with Crippen molar-refractivity contribution in [1.29, 1.82) is 0 Å². The Kier molecular flexibility index (Phi) is 6.84. The van der Waals surface area contributed by atoms with Crippen LogP contribution < -0.4 is 0 Å². The number of ketones is 1. The minimum Gasteiger partial charge on any atom is -0.454 e. The number of methoxy groups -OCH3 is 1. The molecular formula is C19H22N2O6. The molecule has 2 rings (SSSR count). The zero-order valence-corrected chi connectivity index (χ0v) is 15.6. The van der Waals surface area contributed by atoms with Gasteiger partial charge in [-0.15, -0.1) is 0 Å². The molecule has 0 atom stereocenters. The molecule has 0 unspecified atom stereocenters. The highest BCUT2D eigenvalue weighted by Crippen LogP contribution is 2.18. The monoisotopic (exact) mass is 374 g/mol. The Hall–Kier alpha value is -3.00. The highest BCUT2D eigenvalue weighted by atomic mass is 16.6. The molecular weight excluding hydrogens is 352 g/mol. The normalized spacial score (nSPS) is 10.6. The number of nitrogens with zero attached hydrogens (tertiary/aromatic N) is 2. The first-order valence-electron chi connectivity index (χ1n) is 8.45. The lowest BCUT2D eigenvalue weighted by molar-refractivity contribution is -0.384. The van der Waals surface area contributed by atoms with E-state index in [0.29, 0.717) is 12.2 Å². The molecule has 1 heterocycles. The maximum atomic E-state index is 12.4. The molecule has 2 aromatic rings. The number of carbonyl (C=O) groups excluding carboxylic acids is 2. The quantitative estimate of drug-likeness (QED) is 0.220. The van der Waals surface area contributed by atoms with Gasteiger partial charge < -0.3 is 14.0 Å². The topological polar surface area (TPSA) is 101 Å². The number of benzene rings is 1. The van der Waals surface area contributed by atoms with Crippen molar-refractivity contribution in [3.05, 3.63) is 63.0 Å². The Bertz CT molecular complexity index is 856. The van der Waals surface area contributed by atoms with Gasteiger partial charge in [0, 0.05) is 49.3 Å². The number of aromatic nitrogens is 1. The average molecular weight is 374 g/mol. The summed E-state index contributed by atoms with van der Waals surface area (Å²) in [6.45, 7) is 4.68. The van der Waals surface area contributed by atoms with Crippen molar-refractivity contribution in [3.63, 3.8) is 0 Å². The number of non-ortho nitro benzene ring substituents is 1. The summed E-state index contributed by atoms with van der Waals surface area (Å²) in [6, 6.07) is 6.96. The van der Waals surface area contributed by atoms with E-state index in [1.165, 1.54) is 18.2 Å². The maximum Gasteiger partial charge on any atom is 0.338 e. The maximum absolute atomic E-state index is 12.4. The number of rotatable bonds is 9. The molecule has 0 aliphatic carbocycles. The second kappa shape index (κ2) is 9.09. The number of Topliss-reactive ketones (excluding diaryl/α,β-unsaturated/α-hetero) is 1. The molecule has 0 N–H and O–H groups in total. The number of aryl methyl sites for hydroxylation is 1. The first-order valence-corrected chi connectivity index (χ1v) is 8.45. The molecule has 0 radical (unpaired) electrons. The van der Waals surface area contributed by atoms with Gasteiger partial charge in [-0.05, 0) is 32.4 Å². The van der Waals surface area contributed by atoms with Gasteiger partial charge in [0.05, 0.1) is 10.5 Å². The summed E-state index contributed by atoms with van der Waals surface area (Å²) in [6.07, 6.45) is 0.822. The van der Waals surface area contributed by atoms with E-state index in [1.807, 2.05) is 18.4 Å². The van der Waals surface area contributed by atoms with Gasteiger partial charge in [-0.3, -0.25) is 14.9 Å². The first kappa shape index (κ1) is 20.3. The van der Waals surface area contributed by atoms with Crippen LogP contribution >= 0.6 is 0 Å². The Morgan fingerprint density at radius 2 is 1.96 bits per heavy atom. The molecule has 0 spiro atoms. The van der Waals surface area contributed by atoms with Gasteiger partial charge in [0.2, 0.25) is 5.78 Å². The van der Waals surface area contributed by atoms with Crippen molar-refractivity contribution < 1.29 is 24.0 Å². The van der Waals surface area contributed by atoms with Crippen LogP contribution in [0.2, 0.25) is 0 Å². The summed E-state index contributed by atoms with van der Waals surface area (Å²) in [5.74, 6) is -1.10. The van der Waals surface area contributed by atoms with Crippen molar-refractivity contribution >= 4 is 17.4 Å². The minimum atomic E-state index is -0.777. The van der Waals surface area contributed by atoms with E-state index in [0.717, 1.165) is 30.4 Å². The predicted molar refractivity (Wildman–Crippen MR) is 98.1 cm³/mol. The lowest BCUT2D eigenvalue weighted by Gasteiger charge is -2.09. The molecule has 0 aliphatic heterocycles. The standard InChI is InChI=1S/C19H22N2O6/c1-13-10-17(14(2)20(13)8-5-9-26-3)18(22)12-27-19(23)15-6-4-7-16(11-15)21(24)25/h4,6-7,10-11H,5,8-9,12H2,1-3H3. The lowest BCUT2D eigenvalue weighted by atomic mass is 10.1. The number of nitro benzene ring substituents is 1. The SMILES string of the molecule is COCCCn1c(C)cc(C(=O)COC(=O)c2cccc([N+](=O)[O-])c2)c1C. The number of hydrogen-bond acceptors (Lipinski definition) is 6. The molecule has 0 amide bonds. The summed E-state index contributed by atoms with van der Waals surface area (Å²) >= 11 is 0. The van der Waals surface area contributed by atoms with Gasteiger partial charge in [-0.2, -0.15) is 0 Å². The molecule has 144 valence electrons. The third-order valence-corrected chi connectivity index (χ3v) is 4.23. The Balaban J connectivity index is 2.03. The van der Waals surface area contributed by atoms with Crippen LogP contribution in [0.15, 0.2) is 30.3 Å². The van der Waals surface area contributed by atoms with Crippen LogP contribution in [0, 0.1) is 24.0 Å². The van der Waals surface area contributed by atoms with Crippen LogP contribution in [0.1, 0.15) is 38.5 Å². The van der Waals surface area contributed by atoms with Gasteiger partial charge >= 0.3 is 5.97 Å². The fourth-order valence-corrected chi connectivity index (χ4v) is 2.83. The van der Waals surface area contributed by atoms with Crippen molar-refractivity contribution in [2.24, 2.45) is 0 Å². The number of nitro groups is 1. The second-order valence-corrected chi connectivity index (χ2v) is 6.09. The Morgan fingerprint density at radius 1 is 1.22 bits per heavy atom. The smallest absolute Gasteiger partial charge is 0.338 e. The molecule has 0 saturated carbocycles. The van der Waals surface area contributed by atoms with Crippen molar-refractivity contribution in [3.8, 4) is 0 Å². The zero-order valence-electron chi connectivity index (χ0n) is 15.6. The van der Waals surface area contributed by atoms with Crippen molar-refractivity contribution in [1.82, 2.24) is 4.57 Å².